The Morgan fingerprint density at radius 3 is 2.54 bits per heavy atom. The van der Waals surface area contributed by atoms with Crippen molar-refractivity contribution in [2.45, 2.75) is 39.8 Å². The van der Waals surface area contributed by atoms with Crippen molar-refractivity contribution in [3.8, 4) is 6.07 Å². The largest absolute Gasteiger partial charge is 0.370 e. The van der Waals surface area contributed by atoms with E-state index in [9.17, 15) is 10.1 Å². The van der Waals surface area contributed by atoms with Crippen LogP contribution < -0.4 is 10.2 Å². The van der Waals surface area contributed by atoms with Gasteiger partial charge >= 0.3 is 0 Å². The molecule has 24 heavy (non-hydrogen) atoms. The number of carbonyl (C=O) groups excluding carboxylic acids is 1. The molecule has 1 N–H and O–H groups in total. The van der Waals surface area contributed by atoms with E-state index in [1.807, 2.05) is 45.0 Å². The smallest absolute Gasteiger partial charge is 0.252 e. The number of hydrogen-bond acceptors (Lipinski definition) is 3. The molecule has 2 aromatic carbocycles. The molecule has 0 spiro atoms. The van der Waals surface area contributed by atoms with Gasteiger partial charge in [0.05, 0.1) is 29.6 Å². The van der Waals surface area contributed by atoms with Crippen LogP contribution >= 0.6 is 0 Å². The minimum Gasteiger partial charge on any atom is -0.370 e. The number of carbonyl (C=O) groups is 1. The zero-order valence-electron chi connectivity index (χ0n) is 14.5. The van der Waals surface area contributed by atoms with Crippen molar-refractivity contribution in [3.63, 3.8) is 0 Å². The molecule has 0 aromatic heterocycles. The van der Waals surface area contributed by atoms with Gasteiger partial charge in [0.1, 0.15) is 5.54 Å². The van der Waals surface area contributed by atoms with E-state index in [1.165, 1.54) is 5.56 Å². The Hall–Kier alpha value is -2.80. The second kappa shape index (κ2) is 5.68. The van der Waals surface area contributed by atoms with Crippen LogP contribution in [0.1, 0.15) is 36.1 Å². The van der Waals surface area contributed by atoms with Crippen LogP contribution in [-0.2, 0) is 11.3 Å². The highest BCUT2D eigenvalue weighted by molar-refractivity contribution is 6.07. The van der Waals surface area contributed by atoms with Crippen LogP contribution in [0.2, 0.25) is 0 Å². The number of nitrogens with one attached hydrogen (secondary N) is 1. The van der Waals surface area contributed by atoms with E-state index in [0.717, 1.165) is 22.5 Å². The van der Waals surface area contributed by atoms with Crippen molar-refractivity contribution >= 4 is 17.3 Å². The van der Waals surface area contributed by atoms with Crippen molar-refractivity contribution in [2.24, 2.45) is 0 Å². The first kappa shape index (κ1) is 16.1. The Balaban J connectivity index is 2.11. The first-order chi connectivity index (χ1) is 11.3. The molecule has 0 saturated heterocycles. The van der Waals surface area contributed by atoms with E-state index >= 15 is 0 Å². The number of nitrogens with zero attached hydrogens (tertiary/aromatic N) is 2. The summed E-state index contributed by atoms with van der Waals surface area (Å²) in [6.45, 7) is 8.27. The van der Waals surface area contributed by atoms with Crippen molar-refractivity contribution in [3.05, 3.63) is 58.7 Å². The van der Waals surface area contributed by atoms with E-state index in [4.69, 9.17) is 0 Å². The summed E-state index contributed by atoms with van der Waals surface area (Å²) < 4.78 is 0. The fourth-order valence-corrected chi connectivity index (χ4v) is 3.06. The van der Waals surface area contributed by atoms with Gasteiger partial charge in [-0.3, -0.25) is 4.79 Å². The molecule has 0 unspecified atom stereocenters. The van der Waals surface area contributed by atoms with Gasteiger partial charge in [-0.05, 0) is 62.6 Å². The monoisotopic (exact) mass is 319 g/mol. The Bertz CT molecular complexity index is 862. The molecule has 0 atom stereocenters. The summed E-state index contributed by atoms with van der Waals surface area (Å²) in [5.41, 5.74) is 4.93. The minimum atomic E-state index is -0.684. The summed E-state index contributed by atoms with van der Waals surface area (Å²) in [6, 6.07) is 13.8. The molecule has 0 fully saturated rings. The first-order valence-corrected chi connectivity index (χ1v) is 8.03. The number of amides is 1. The van der Waals surface area contributed by atoms with Crippen molar-refractivity contribution in [1.29, 1.82) is 5.26 Å². The zero-order valence-corrected chi connectivity index (χ0v) is 14.5. The second-order valence-corrected chi connectivity index (χ2v) is 6.86. The predicted molar refractivity (Wildman–Crippen MR) is 96.0 cm³/mol. The fraction of sp³-hybridized carbons (Fsp3) is 0.300. The Morgan fingerprint density at radius 1 is 1.17 bits per heavy atom. The quantitative estimate of drug-likeness (QED) is 0.913. The SMILES string of the molecule is Cc1cc2c(cc1C)N(Cc1ccccc1C#N)C(=O)C(C)(C)N2. The van der Waals surface area contributed by atoms with Gasteiger partial charge in [0.25, 0.3) is 5.91 Å². The maximum atomic E-state index is 13.0. The van der Waals surface area contributed by atoms with E-state index in [-0.39, 0.29) is 5.91 Å². The average molecular weight is 319 g/mol. The average Bonchev–Trinajstić information content (AvgIpc) is 2.54. The third-order valence-corrected chi connectivity index (χ3v) is 4.60. The summed E-state index contributed by atoms with van der Waals surface area (Å²) in [5.74, 6) is 0.00555. The molecule has 2 aromatic rings. The number of fused-ring (bicyclic) bond motifs is 1. The topological polar surface area (TPSA) is 56.1 Å². The lowest BCUT2D eigenvalue weighted by molar-refractivity contribution is -0.122. The molecule has 1 heterocycles. The third kappa shape index (κ3) is 2.63. The number of nitriles is 1. The summed E-state index contributed by atoms with van der Waals surface area (Å²) in [4.78, 5) is 14.8. The maximum Gasteiger partial charge on any atom is 0.252 e. The van der Waals surface area contributed by atoms with Crippen molar-refractivity contribution < 1.29 is 4.79 Å². The van der Waals surface area contributed by atoms with Crippen molar-refractivity contribution in [1.82, 2.24) is 0 Å². The van der Waals surface area contributed by atoms with Crippen LogP contribution in [0.5, 0.6) is 0 Å². The van der Waals surface area contributed by atoms with Crippen LogP contribution in [0.25, 0.3) is 0 Å². The van der Waals surface area contributed by atoms with Gasteiger partial charge in [0, 0.05) is 0 Å². The number of rotatable bonds is 2. The maximum absolute atomic E-state index is 13.0. The van der Waals surface area contributed by atoms with Gasteiger partial charge in [-0.2, -0.15) is 5.26 Å². The van der Waals surface area contributed by atoms with Crippen molar-refractivity contribution in [2.75, 3.05) is 10.2 Å². The predicted octanol–water partition coefficient (Wildman–Crippen LogP) is 3.91. The first-order valence-electron chi connectivity index (χ1n) is 8.03. The van der Waals surface area contributed by atoms with Gasteiger partial charge in [0.2, 0.25) is 0 Å². The number of aryl methyl sites for hydroxylation is 2. The lowest BCUT2D eigenvalue weighted by Gasteiger charge is -2.40. The van der Waals surface area contributed by atoms with Gasteiger partial charge < -0.3 is 10.2 Å². The highest BCUT2D eigenvalue weighted by atomic mass is 16.2. The molecule has 4 nitrogen and oxygen atoms in total. The highest BCUT2D eigenvalue weighted by Crippen LogP contribution is 2.38. The Morgan fingerprint density at radius 2 is 1.83 bits per heavy atom. The lowest BCUT2D eigenvalue weighted by atomic mass is 9.95. The molecule has 0 aliphatic carbocycles. The zero-order chi connectivity index (χ0) is 17.5. The van der Waals surface area contributed by atoms with Crippen LogP contribution in [-0.4, -0.2) is 11.4 Å². The molecule has 0 radical (unpaired) electrons. The Kier molecular flexibility index (Phi) is 3.81. The standard InChI is InChI=1S/C20H21N3O/c1-13-9-17-18(10-14(13)2)23(19(24)20(3,4)22-17)12-16-8-6-5-7-15(16)11-21/h5-10,22H,12H2,1-4H3. The number of benzene rings is 2. The molecule has 3 rings (SSSR count). The molecule has 0 saturated carbocycles. The molecule has 1 aliphatic heterocycles. The summed E-state index contributed by atoms with van der Waals surface area (Å²) >= 11 is 0. The van der Waals surface area contributed by atoms with Gasteiger partial charge in [-0.25, -0.2) is 0 Å². The molecule has 0 bridgehead atoms. The van der Waals surface area contributed by atoms with Gasteiger partial charge in [-0.1, -0.05) is 18.2 Å². The molecular weight excluding hydrogens is 298 g/mol. The van der Waals surface area contributed by atoms with Gasteiger partial charge in [-0.15, -0.1) is 0 Å². The molecule has 4 heteroatoms. The summed E-state index contributed by atoms with van der Waals surface area (Å²) in [7, 11) is 0. The van der Waals surface area contributed by atoms with Gasteiger partial charge in [0.15, 0.2) is 0 Å². The lowest BCUT2D eigenvalue weighted by Crippen LogP contribution is -2.53. The highest BCUT2D eigenvalue weighted by Gasteiger charge is 2.38. The molecule has 1 amide bonds. The molecular formula is C20H21N3O. The van der Waals surface area contributed by atoms with Crippen LogP contribution in [0.15, 0.2) is 36.4 Å². The van der Waals surface area contributed by atoms with Crippen LogP contribution in [0, 0.1) is 25.2 Å². The minimum absolute atomic E-state index is 0.00555. The third-order valence-electron chi connectivity index (χ3n) is 4.60. The fourth-order valence-electron chi connectivity index (χ4n) is 3.06. The van der Waals surface area contributed by atoms with E-state index in [1.54, 1.807) is 11.0 Å². The molecule has 1 aliphatic rings. The summed E-state index contributed by atoms with van der Waals surface area (Å²) in [6.07, 6.45) is 0. The van der Waals surface area contributed by atoms with E-state index < -0.39 is 5.54 Å². The van der Waals surface area contributed by atoms with Crippen LogP contribution in [0.3, 0.4) is 0 Å². The number of hydrogen-bond donors (Lipinski definition) is 1. The second-order valence-electron chi connectivity index (χ2n) is 6.86. The summed E-state index contributed by atoms with van der Waals surface area (Å²) in [5, 5.41) is 12.7. The van der Waals surface area contributed by atoms with Crippen LogP contribution in [0.4, 0.5) is 11.4 Å². The Labute approximate surface area is 142 Å². The normalized spacial score (nSPS) is 15.5. The number of anilines is 2. The molecule has 122 valence electrons. The van der Waals surface area contributed by atoms with E-state index in [2.05, 4.69) is 24.4 Å². The van der Waals surface area contributed by atoms with E-state index in [0.29, 0.717) is 12.1 Å².